The number of imidazole rings is 1. The summed E-state index contributed by atoms with van der Waals surface area (Å²) in [6.07, 6.45) is -0.0809. The first-order valence-electron chi connectivity index (χ1n) is 11.9. The number of hydrogen-bond acceptors (Lipinski definition) is 5. The first-order chi connectivity index (χ1) is 18.0. The van der Waals surface area contributed by atoms with E-state index in [2.05, 4.69) is 4.98 Å². The van der Waals surface area contributed by atoms with Gasteiger partial charge in [0.25, 0.3) is 17.9 Å². The SMILES string of the molecule is Cc1cn(-c2ccc3n(c2=O)CCN(C[C@]2(C)CC[C@@H](c4ccc(C(F)(F)F)cc4)O2)C3=O)cn1.O=CO. The van der Waals surface area contributed by atoms with Crippen molar-refractivity contribution in [2.75, 3.05) is 13.1 Å². The second-order valence-corrected chi connectivity index (χ2v) is 9.53. The number of carbonyl (C=O) groups is 2. The van der Waals surface area contributed by atoms with E-state index >= 15 is 0 Å². The molecule has 2 aliphatic rings. The van der Waals surface area contributed by atoms with E-state index in [9.17, 15) is 22.8 Å². The highest BCUT2D eigenvalue weighted by molar-refractivity contribution is 5.93. The summed E-state index contributed by atoms with van der Waals surface area (Å²) >= 11 is 0. The third-order valence-electron chi connectivity index (χ3n) is 6.74. The molecule has 2 aliphatic heterocycles. The Balaban J connectivity index is 0.00000107. The van der Waals surface area contributed by atoms with E-state index in [0.29, 0.717) is 49.4 Å². The Kier molecular flexibility index (Phi) is 7.45. The topological polar surface area (TPSA) is 107 Å². The number of rotatable bonds is 4. The Labute approximate surface area is 216 Å². The number of carbonyl (C=O) groups excluding carboxylic acids is 1. The van der Waals surface area contributed by atoms with Gasteiger partial charge in [0.15, 0.2) is 0 Å². The number of hydrogen-bond donors (Lipinski definition) is 1. The average Bonchev–Trinajstić information content (AvgIpc) is 3.47. The van der Waals surface area contributed by atoms with Crippen LogP contribution in [-0.2, 0) is 22.3 Å². The van der Waals surface area contributed by atoms with Gasteiger partial charge in [-0.1, -0.05) is 12.1 Å². The maximum atomic E-state index is 13.2. The van der Waals surface area contributed by atoms with Crippen LogP contribution < -0.4 is 5.56 Å². The van der Waals surface area contributed by atoms with Crippen LogP contribution in [0.1, 0.15) is 53.2 Å². The molecule has 1 aromatic carbocycles. The quantitative estimate of drug-likeness (QED) is 0.512. The minimum atomic E-state index is -4.38. The zero-order valence-electron chi connectivity index (χ0n) is 20.8. The molecule has 0 unspecified atom stereocenters. The second-order valence-electron chi connectivity index (χ2n) is 9.53. The molecule has 202 valence electrons. The van der Waals surface area contributed by atoms with Crippen molar-refractivity contribution < 1.29 is 32.6 Å². The Morgan fingerprint density at radius 3 is 2.45 bits per heavy atom. The van der Waals surface area contributed by atoms with Gasteiger partial charge in [-0.15, -0.1) is 0 Å². The van der Waals surface area contributed by atoms with Gasteiger partial charge in [-0.2, -0.15) is 13.2 Å². The van der Waals surface area contributed by atoms with Crippen LogP contribution in [0.25, 0.3) is 5.69 Å². The number of aromatic nitrogens is 3. The number of carboxylic acid groups (broad SMARTS) is 1. The smallest absolute Gasteiger partial charge is 0.416 e. The number of amides is 1. The van der Waals surface area contributed by atoms with E-state index in [4.69, 9.17) is 14.6 Å². The number of halogens is 3. The molecule has 4 heterocycles. The van der Waals surface area contributed by atoms with E-state index in [1.165, 1.54) is 16.7 Å². The normalized spacial score (nSPS) is 21.0. The molecule has 1 amide bonds. The molecule has 0 radical (unpaired) electrons. The Hall–Kier alpha value is -3.93. The highest BCUT2D eigenvalue weighted by atomic mass is 19.4. The van der Waals surface area contributed by atoms with Crippen molar-refractivity contribution in [2.45, 2.75) is 51.1 Å². The highest BCUT2D eigenvalue weighted by Crippen LogP contribution is 2.41. The van der Waals surface area contributed by atoms with Crippen LogP contribution in [0.5, 0.6) is 0 Å². The summed E-state index contributed by atoms with van der Waals surface area (Å²) < 4.78 is 48.0. The van der Waals surface area contributed by atoms with E-state index in [1.807, 2.05) is 13.8 Å². The third-order valence-corrected chi connectivity index (χ3v) is 6.74. The molecule has 12 heteroatoms. The molecule has 1 N–H and O–H groups in total. The van der Waals surface area contributed by atoms with Crippen molar-refractivity contribution in [1.82, 2.24) is 19.0 Å². The minimum Gasteiger partial charge on any atom is -0.483 e. The van der Waals surface area contributed by atoms with Crippen molar-refractivity contribution in [3.63, 3.8) is 0 Å². The lowest BCUT2D eigenvalue weighted by molar-refractivity contribution is -0.137. The maximum Gasteiger partial charge on any atom is 0.416 e. The van der Waals surface area contributed by atoms with Crippen LogP contribution in [0.15, 0.2) is 53.7 Å². The van der Waals surface area contributed by atoms with Crippen molar-refractivity contribution in [2.24, 2.45) is 0 Å². The van der Waals surface area contributed by atoms with Gasteiger partial charge >= 0.3 is 6.18 Å². The number of benzene rings is 1. The van der Waals surface area contributed by atoms with Crippen LogP contribution in [0, 0.1) is 6.92 Å². The summed E-state index contributed by atoms with van der Waals surface area (Å²) in [6.45, 7) is 4.56. The summed E-state index contributed by atoms with van der Waals surface area (Å²) in [7, 11) is 0. The first-order valence-corrected chi connectivity index (χ1v) is 11.9. The summed E-state index contributed by atoms with van der Waals surface area (Å²) in [5, 5.41) is 6.89. The molecule has 0 bridgehead atoms. The van der Waals surface area contributed by atoms with E-state index < -0.39 is 17.3 Å². The molecule has 0 saturated carbocycles. The standard InChI is InChI=1S/C25H25F3N4O3.CH2O2/c1-16-13-31(15-29-16)19-7-8-20-22(33)30(11-12-32(20)23(19)34)14-24(2)10-9-21(35-24)17-3-5-18(6-4-17)25(26,27)28;2-1-3/h3-8,13,15,21H,9-12,14H2,1-2H3;1H,(H,2,3)/t21-,24-;/m0./s1. The second kappa shape index (κ2) is 10.4. The van der Waals surface area contributed by atoms with Crippen LogP contribution in [0.2, 0.25) is 0 Å². The molecule has 1 fully saturated rings. The van der Waals surface area contributed by atoms with Crippen molar-refractivity contribution in [3.05, 3.63) is 81.8 Å². The predicted octanol–water partition coefficient (Wildman–Crippen LogP) is 3.83. The zero-order valence-corrected chi connectivity index (χ0v) is 20.8. The Morgan fingerprint density at radius 2 is 1.84 bits per heavy atom. The minimum absolute atomic E-state index is 0.246. The van der Waals surface area contributed by atoms with Crippen molar-refractivity contribution in [1.29, 1.82) is 0 Å². The molecule has 3 aromatic rings. The van der Waals surface area contributed by atoms with Gasteiger partial charge in [0.05, 0.1) is 29.3 Å². The molecule has 5 rings (SSSR count). The number of aryl methyl sites for hydroxylation is 1. The summed E-state index contributed by atoms with van der Waals surface area (Å²) in [5.74, 6) is -0.246. The van der Waals surface area contributed by atoms with Crippen LogP contribution in [-0.4, -0.2) is 55.2 Å². The van der Waals surface area contributed by atoms with Gasteiger partial charge in [0, 0.05) is 25.8 Å². The summed E-state index contributed by atoms with van der Waals surface area (Å²) in [4.78, 5) is 40.4. The number of ether oxygens (including phenoxy) is 1. The monoisotopic (exact) mass is 532 g/mol. The lowest BCUT2D eigenvalue weighted by Crippen LogP contribution is -2.50. The fraction of sp³-hybridized carbons (Fsp3) is 0.385. The third kappa shape index (κ3) is 5.49. The Morgan fingerprint density at radius 1 is 1.16 bits per heavy atom. The largest absolute Gasteiger partial charge is 0.483 e. The number of nitrogens with zero attached hydrogens (tertiary/aromatic N) is 4. The fourth-order valence-electron chi connectivity index (χ4n) is 4.90. The Bertz CT molecular complexity index is 1380. The van der Waals surface area contributed by atoms with Crippen molar-refractivity contribution in [3.8, 4) is 5.69 Å². The number of fused-ring (bicyclic) bond motifs is 1. The predicted molar refractivity (Wildman–Crippen MR) is 130 cm³/mol. The molecule has 0 aliphatic carbocycles. The van der Waals surface area contributed by atoms with Gasteiger partial charge in [0.2, 0.25) is 0 Å². The molecule has 0 spiro atoms. The van der Waals surface area contributed by atoms with Gasteiger partial charge in [-0.3, -0.25) is 14.4 Å². The molecule has 2 atom stereocenters. The van der Waals surface area contributed by atoms with Gasteiger partial charge in [0.1, 0.15) is 11.4 Å². The van der Waals surface area contributed by atoms with Gasteiger partial charge in [-0.25, -0.2) is 4.98 Å². The lowest BCUT2D eigenvalue weighted by atomic mass is 9.99. The van der Waals surface area contributed by atoms with E-state index in [1.54, 1.807) is 34.1 Å². The summed E-state index contributed by atoms with van der Waals surface area (Å²) in [6, 6.07) is 8.32. The van der Waals surface area contributed by atoms with Crippen LogP contribution in [0.3, 0.4) is 0 Å². The van der Waals surface area contributed by atoms with Crippen LogP contribution in [0.4, 0.5) is 13.2 Å². The molecule has 9 nitrogen and oxygen atoms in total. The first kappa shape index (κ1) is 27.1. The molecule has 2 aromatic heterocycles. The lowest BCUT2D eigenvalue weighted by Gasteiger charge is -2.36. The zero-order chi connectivity index (χ0) is 27.7. The van der Waals surface area contributed by atoms with Gasteiger partial charge in [-0.05, 0) is 56.5 Å². The average molecular weight is 533 g/mol. The maximum absolute atomic E-state index is 13.2. The van der Waals surface area contributed by atoms with Crippen molar-refractivity contribution >= 4 is 12.4 Å². The number of alkyl halides is 3. The van der Waals surface area contributed by atoms with Gasteiger partial charge < -0.3 is 23.9 Å². The summed E-state index contributed by atoms with van der Waals surface area (Å²) in [5.41, 5.74) is 0.642. The van der Waals surface area contributed by atoms with Crippen LogP contribution >= 0.6 is 0 Å². The fourth-order valence-corrected chi connectivity index (χ4v) is 4.90. The van der Waals surface area contributed by atoms with E-state index in [0.717, 1.165) is 17.8 Å². The highest BCUT2D eigenvalue weighted by Gasteiger charge is 2.40. The molecule has 38 heavy (non-hydrogen) atoms. The molecular formula is C26H27F3N4O5. The molecule has 1 saturated heterocycles. The molecular weight excluding hydrogens is 505 g/mol. The van der Waals surface area contributed by atoms with E-state index in [-0.39, 0.29) is 24.0 Å². The number of pyridine rings is 1.